The molecule has 3 nitrogen and oxygen atoms in total. The van der Waals surface area contributed by atoms with Crippen LogP contribution in [0.15, 0.2) is 0 Å². The molecule has 0 aromatic rings. The van der Waals surface area contributed by atoms with Gasteiger partial charge in [0.1, 0.15) is 0 Å². The van der Waals surface area contributed by atoms with E-state index in [2.05, 4.69) is 25.7 Å². The predicted molar refractivity (Wildman–Crippen MR) is 61.5 cm³/mol. The fourth-order valence-electron chi connectivity index (χ4n) is 1.57. The topological polar surface area (TPSA) is 38.5 Å². The Hall–Kier alpha value is -0.120. The van der Waals surface area contributed by atoms with Crippen molar-refractivity contribution in [1.82, 2.24) is 4.90 Å². The van der Waals surface area contributed by atoms with E-state index in [1.165, 1.54) is 0 Å². The van der Waals surface area contributed by atoms with Crippen molar-refractivity contribution in [1.29, 1.82) is 0 Å². The lowest BCUT2D eigenvalue weighted by atomic mass is 10.1. The molecular formula is C11H26N2O. The number of nitrogens with zero attached hydrogens (tertiary/aromatic N) is 1. The fourth-order valence-corrected chi connectivity index (χ4v) is 1.57. The molecule has 2 unspecified atom stereocenters. The second-order valence-corrected chi connectivity index (χ2v) is 3.89. The van der Waals surface area contributed by atoms with Crippen LogP contribution in [0.3, 0.4) is 0 Å². The van der Waals surface area contributed by atoms with Gasteiger partial charge in [0, 0.05) is 19.2 Å². The summed E-state index contributed by atoms with van der Waals surface area (Å²) in [6, 6.07) is 0.841. The smallest absolute Gasteiger partial charge is 0.0615 e. The summed E-state index contributed by atoms with van der Waals surface area (Å²) in [6.07, 6.45) is 2.15. The zero-order valence-electron chi connectivity index (χ0n) is 10.1. The maximum Gasteiger partial charge on any atom is 0.0615 e. The molecule has 3 heteroatoms. The molecule has 14 heavy (non-hydrogen) atoms. The van der Waals surface area contributed by atoms with E-state index in [1.54, 1.807) is 7.11 Å². The van der Waals surface area contributed by atoms with E-state index < -0.39 is 0 Å². The molecule has 0 aromatic carbocycles. The highest BCUT2D eigenvalue weighted by atomic mass is 16.5. The van der Waals surface area contributed by atoms with Gasteiger partial charge >= 0.3 is 0 Å². The third-order valence-corrected chi connectivity index (χ3v) is 2.75. The van der Waals surface area contributed by atoms with Gasteiger partial charge in [0.25, 0.3) is 0 Å². The largest absolute Gasteiger partial charge is 0.383 e. The van der Waals surface area contributed by atoms with E-state index in [0.717, 1.165) is 32.5 Å². The van der Waals surface area contributed by atoms with Crippen LogP contribution in [-0.2, 0) is 4.74 Å². The SMILES string of the molecule is CCC(N)CCN(CC)C(C)COC. The minimum atomic E-state index is 0.346. The number of methoxy groups -OCH3 is 1. The van der Waals surface area contributed by atoms with E-state index in [1.807, 2.05) is 0 Å². The molecule has 0 aliphatic heterocycles. The van der Waals surface area contributed by atoms with E-state index >= 15 is 0 Å². The van der Waals surface area contributed by atoms with Gasteiger partial charge in [-0.25, -0.2) is 0 Å². The van der Waals surface area contributed by atoms with Crippen LogP contribution in [0.25, 0.3) is 0 Å². The van der Waals surface area contributed by atoms with E-state index in [9.17, 15) is 0 Å². The van der Waals surface area contributed by atoms with Crippen LogP contribution in [0.5, 0.6) is 0 Å². The zero-order valence-corrected chi connectivity index (χ0v) is 10.1. The summed E-state index contributed by atoms with van der Waals surface area (Å²) < 4.78 is 5.15. The quantitative estimate of drug-likeness (QED) is 0.648. The van der Waals surface area contributed by atoms with Gasteiger partial charge in [-0.15, -0.1) is 0 Å². The molecule has 0 amide bonds. The molecule has 0 spiro atoms. The lowest BCUT2D eigenvalue weighted by Crippen LogP contribution is -2.38. The molecule has 0 saturated heterocycles. The maximum absolute atomic E-state index is 5.89. The highest BCUT2D eigenvalue weighted by Gasteiger charge is 2.12. The van der Waals surface area contributed by atoms with Crippen molar-refractivity contribution in [2.24, 2.45) is 5.73 Å². The Morgan fingerprint density at radius 2 is 2.00 bits per heavy atom. The first-order valence-electron chi connectivity index (χ1n) is 5.64. The molecule has 0 aromatic heterocycles. The van der Waals surface area contributed by atoms with Gasteiger partial charge in [0.05, 0.1) is 6.61 Å². The van der Waals surface area contributed by atoms with E-state index in [0.29, 0.717) is 12.1 Å². The second-order valence-electron chi connectivity index (χ2n) is 3.89. The number of nitrogens with two attached hydrogens (primary N) is 1. The van der Waals surface area contributed by atoms with Gasteiger partial charge in [0.2, 0.25) is 0 Å². The van der Waals surface area contributed by atoms with Gasteiger partial charge in [-0.05, 0) is 32.9 Å². The third-order valence-electron chi connectivity index (χ3n) is 2.75. The van der Waals surface area contributed by atoms with Crippen molar-refractivity contribution in [2.45, 2.75) is 45.7 Å². The summed E-state index contributed by atoms with van der Waals surface area (Å²) in [5.74, 6) is 0. The number of rotatable bonds is 8. The highest BCUT2D eigenvalue weighted by molar-refractivity contribution is 4.68. The average molecular weight is 202 g/mol. The molecule has 0 saturated carbocycles. The Morgan fingerprint density at radius 3 is 2.43 bits per heavy atom. The molecule has 2 atom stereocenters. The molecule has 0 heterocycles. The Balaban J connectivity index is 3.77. The summed E-state index contributed by atoms with van der Waals surface area (Å²) in [5.41, 5.74) is 5.89. The molecular weight excluding hydrogens is 176 g/mol. The summed E-state index contributed by atoms with van der Waals surface area (Å²) in [7, 11) is 1.75. The minimum Gasteiger partial charge on any atom is -0.383 e. The molecule has 0 radical (unpaired) electrons. The first-order valence-corrected chi connectivity index (χ1v) is 5.64. The van der Waals surface area contributed by atoms with Crippen molar-refractivity contribution >= 4 is 0 Å². The van der Waals surface area contributed by atoms with Crippen molar-refractivity contribution in [2.75, 3.05) is 26.8 Å². The third kappa shape index (κ3) is 5.58. The number of hydrogen-bond donors (Lipinski definition) is 1. The minimum absolute atomic E-state index is 0.346. The summed E-state index contributed by atoms with van der Waals surface area (Å²) >= 11 is 0. The standard InChI is InChI=1S/C11H26N2O/c1-5-11(12)7-8-13(6-2)10(3)9-14-4/h10-11H,5-9,12H2,1-4H3. The van der Waals surface area contributed by atoms with Crippen LogP contribution in [0.1, 0.15) is 33.6 Å². The Morgan fingerprint density at radius 1 is 1.36 bits per heavy atom. The molecule has 2 N–H and O–H groups in total. The Labute approximate surface area is 88.6 Å². The molecule has 0 aliphatic carbocycles. The van der Waals surface area contributed by atoms with Crippen LogP contribution in [-0.4, -0.2) is 43.8 Å². The maximum atomic E-state index is 5.89. The van der Waals surface area contributed by atoms with Gasteiger partial charge < -0.3 is 10.5 Å². The van der Waals surface area contributed by atoms with Crippen LogP contribution >= 0.6 is 0 Å². The van der Waals surface area contributed by atoms with Gasteiger partial charge in [-0.1, -0.05) is 13.8 Å². The summed E-state index contributed by atoms with van der Waals surface area (Å²) in [5, 5.41) is 0. The lowest BCUT2D eigenvalue weighted by Gasteiger charge is -2.28. The summed E-state index contributed by atoms with van der Waals surface area (Å²) in [4.78, 5) is 2.42. The number of ether oxygens (including phenoxy) is 1. The fraction of sp³-hybridized carbons (Fsp3) is 1.00. The first kappa shape index (κ1) is 13.9. The van der Waals surface area contributed by atoms with Crippen molar-refractivity contribution in [3.05, 3.63) is 0 Å². The lowest BCUT2D eigenvalue weighted by molar-refractivity contribution is 0.100. The van der Waals surface area contributed by atoms with Crippen molar-refractivity contribution in [3.8, 4) is 0 Å². The average Bonchev–Trinajstić information content (AvgIpc) is 2.18. The molecule has 0 aliphatic rings. The Kier molecular flexibility index (Phi) is 8.14. The van der Waals surface area contributed by atoms with Crippen molar-refractivity contribution in [3.63, 3.8) is 0 Å². The highest BCUT2D eigenvalue weighted by Crippen LogP contribution is 2.03. The molecule has 0 fully saturated rings. The van der Waals surface area contributed by atoms with E-state index in [-0.39, 0.29) is 0 Å². The van der Waals surface area contributed by atoms with Crippen LogP contribution in [0, 0.1) is 0 Å². The molecule has 86 valence electrons. The molecule has 0 bridgehead atoms. The van der Waals surface area contributed by atoms with Crippen LogP contribution in [0.4, 0.5) is 0 Å². The van der Waals surface area contributed by atoms with Crippen molar-refractivity contribution < 1.29 is 4.74 Å². The predicted octanol–water partition coefficient (Wildman–Crippen LogP) is 1.47. The monoisotopic (exact) mass is 202 g/mol. The van der Waals surface area contributed by atoms with Gasteiger partial charge in [0.15, 0.2) is 0 Å². The number of hydrogen-bond acceptors (Lipinski definition) is 3. The normalized spacial score (nSPS) is 15.9. The van der Waals surface area contributed by atoms with E-state index in [4.69, 9.17) is 10.5 Å². The molecule has 0 rings (SSSR count). The zero-order chi connectivity index (χ0) is 11.0. The first-order chi connectivity index (χ1) is 6.65. The Bertz CT molecular complexity index is 130. The second kappa shape index (κ2) is 8.21. The van der Waals surface area contributed by atoms with Gasteiger partial charge in [-0.2, -0.15) is 0 Å². The van der Waals surface area contributed by atoms with Crippen LogP contribution < -0.4 is 5.73 Å². The number of likely N-dealkylation sites (N-methyl/N-ethyl adjacent to an activating group) is 1. The van der Waals surface area contributed by atoms with Gasteiger partial charge in [-0.3, -0.25) is 4.90 Å². The van der Waals surface area contributed by atoms with Crippen LogP contribution in [0.2, 0.25) is 0 Å². The summed E-state index contributed by atoms with van der Waals surface area (Å²) in [6.45, 7) is 9.47.